The van der Waals surface area contributed by atoms with Gasteiger partial charge in [-0.25, -0.2) is 4.68 Å². The molecule has 5 rings (SSSR count). The van der Waals surface area contributed by atoms with Crippen LogP contribution in [0.1, 0.15) is 6.42 Å². The van der Waals surface area contributed by atoms with Gasteiger partial charge in [-0.05, 0) is 18.6 Å². The van der Waals surface area contributed by atoms with E-state index in [9.17, 15) is 4.79 Å². The van der Waals surface area contributed by atoms with Crippen LogP contribution in [0.3, 0.4) is 0 Å². The van der Waals surface area contributed by atoms with E-state index < -0.39 is 0 Å². The molecule has 1 unspecified atom stereocenters. The molecule has 4 aromatic rings. The second kappa shape index (κ2) is 8.26. The lowest BCUT2D eigenvalue weighted by Gasteiger charge is -2.20. The summed E-state index contributed by atoms with van der Waals surface area (Å²) < 4.78 is 12.5. The predicted octanol–water partition coefficient (Wildman–Crippen LogP) is 2.82. The molecule has 0 aliphatic carbocycles. The summed E-state index contributed by atoms with van der Waals surface area (Å²) in [6.45, 7) is 1.62. The molecule has 0 saturated carbocycles. The number of H-pyrrole nitrogens is 1. The number of hydrogen-bond acceptors (Lipinski definition) is 7. The van der Waals surface area contributed by atoms with E-state index in [4.69, 9.17) is 9.47 Å². The quantitative estimate of drug-likeness (QED) is 0.484. The van der Waals surface area contributed by atoms with Crippen molar-refractivity contribution in [3.05, 3.63) is 65.1 Å². The number of methoxy groups -OCH3 is 2. The van der Waals surface area contributed by atoms with E-state index in [0.717, 1.165) is 42.4 Å². The molecule has 1 aliphatic heterocycles. The maximum atomic E-state index is 12.6. The van der Waals surface area contributed by atoms with Crippen LogP contribution in [0.15, 0.2) is 59.5 Å². The van der Waals surface area contributed by atoms with Crippen LogP contribution in [-0.2, 0) is 0 Å². The number of anilines is 2. The number of hydrogen-bond donors (Lipinski definition) is 2. The number of nitrogens with zero attached hydrogens (tertiary/aromatic N) is 4. The zero-order valence-corrected chi connectivity index (χ0v) is 17.9. The number of para-hydroxylation sites is 1. The Hall–Kier alpha value is -4.01. The number of ether oxygens (including phenoxy) is 2. The Morgan fingerprint density at radius 3 is 2.53 bits per heavy atom. The lowest BCUT2D eigenvalue weighted by atomic mass is 10.2. The maximum Gasteiger partial charge on any atom is 0.263 e. The van der Waals surface area contributed by atoms with Crippen molar-refractivity contribution in [3.8, 4) is 17.2 Å². The minimum atomic E-state index is -0.216. The maximum absolute atomic E-state index is 12.6. The zero-order chi connectivity index (χ0) is 22.1. The van der Waals surface area contributed by atoms with E-state index in [-0.39, 0.29) is 11.6 Å². The standard InChI is InChI=1S/C23H24N6O3/c1-31-18-10-17(11-19(12-18)32-2)28-9-8-15(14-28)25-23-26-21-20(22(30)27-23)13-24-29(21)16-6-4-3-5-7-16/h3-7,10-13,15H,8-9,14H2,1-2H3,(H2,25,26,27,30). The number of nitrogens with one attached hydrogen (secondary N) is 2. The molecule has 0 amide bonds. The third-order valence-corrected chi connectivity index (χ3v) is 5.67. The molecule has 0 radical (unpaired) electrons. The Bertz CT molecular complexity index is 1280. The first kappa shape index (κ1) is 19.9. The average Bonchev–Trinajstić information content (AvgIpc) is 3.47. The molecule has 1 atom stereocenters. The van der Waals surface area contributed by atoms with Gasteiger partial charge in [0.25, 0.3) is 5.56 Å². The van der Waals surface area contributed by atoms with E-state index in [2.05, 4.69) is 25.3 Å². The van der Waals surface area contributed by atoms with Gasteiger partial charge in [-0.1, -0.05) is 18.2 Å². The molecule has 0 spiro atoms. The summed E-state index contributed by atoms with van der Waals surface area (Å²) >= 11 is 0. The number of aromatic nitrogens is 4. The van der Waals surface area contributed by atoms with Gasteiger partial charge in [0.1, 0.15) is 16.9 Å². The molecule has 1 saturated heterocycles. The largest absolute Gasteiger partial charge is 0.497 e. The highest BCUT2D eigenvalue weighted by Gasteiger charge is 2.24. The van der Waals surface area contributed by atoms with E-state index in [1.165, 1.54) is 0 Å². The van der Waals surface area contributed by atoms with Gasteiger partial charge < -0.3 is 19.7 Å². The fourth-order valence-corrected chi connectivity index (χ4v) is 4.03. The lowest BCUT2D eigenvalue weighted by Crippen LogP contribution is -2.27. The van der Waals surface area contributed by atoms with Crippen LogP contribution in [-0.4, -0.2) is 53.1 Å². The fourth-order valence-electron chi connectivity index (χ4n) is 4.03. The normalized spacial score (nSPS) is 15.8. The van der Waals surface area contributed by atoms with Crippen molar-refractivity contribution in [1.29, 1.82) is 0 Å². The van der Waals surface area contributed by atoms with Gasteiger partial charge >= 0.3 is 0 Å². The molecule has 0 bridgehead atoms. The lowest BCUT2D eigenvalue weighted by molar-refractivity contribution is 0.394. The molecule has 3 heterocycles. The van der Waals surface area contributed by atoms with Gasteiger partial charge in [-0.15, -0.1) is 0 Å². The summed E-state index contributed by atoms with van der Waals surface area (Å²) in [6.07, 6.45) is 2.45. The Morgan fingerprint density at radius 1 is 1.06 bits per heavy atom. The smallest absolute Gasteiger partial charge is 0.263 e. The molecule has 164 valence electrons. The monoisotopic (exact) mass is 432 g/mol. The minimum Gasteiger partial charge on any atom is -0.497 e. The van der Waals surface area contributed by atoms with Crippen LogP contribution in [0.5, 0.6) is 11.5 Å². The fraction of sp³-hybridized carbons (Fsp3) is 0.261. The first-order valence-electron chi connectivity index (χ1n) is 10.4. The highest BCUT2D eigenvalue weighted by atomic mass is 16.5. The van der Waals surface area contributed by atoms with Gasteiger partial charge in [0.15, 0.2) is 5.65 Å². The highest BCUT2D eigenvalue weighted by Crippen LogP contribution is 2.30. The predicted molar refractivity (Wildman–Crippen MR) is 123 cm³/mol. The number of rotatable bonds is 6. The molecular formula is C23H24N6O3. The summed E-state index contributed by atoms with van der Waals surface area (Å²) in [5.74, 6) is 1.94. The van der Waals surface area contributed by atoms with Gasteiger partial charge in [-0.3, -0.25) is 9.78 Å². The van der Waals surface area contributed by atoms with E-state index in [0.29, 0.717) is 17.0 Å². The van der Waals surface area contributed by atoms with Crippen molar-refractivity contribution in [3.63, 3.8) is 0 Å². The Kier molecular flexibility index (Phi) is 5.14. The van der Waals surface area contributed by atoms with Crippen LogP contribution in [0.25, 0.3) is 16.7 Å². The summed E-state index contributed by atoms with van der Waals surface area (Å²) in [5, 5.41) is 8.20. The molecule has 1 aliphatic rings. The van der Waals surface area contributed by atoms with Crippen molar-refractivity contribution in [2.24, 2.45) is 0 Å². The zero-order valence-electron chi connectivity index (χ0n) is 17.9. The molecule has 9 heteroatoms. The van der Waals surface area contributed by atoms with Crippen molar-refractivity contribution in [1.82, 2.24) is 19.7 Å². The summed E-state index contributed by atoms with van der Waals surface area (Å²) in [5.41, 5.74) is 2.19. The van der Waals surface area contributed by atoms with Gasteiger partial charge in [0, 0.05) is 43.0 Å². The highest BCUT2D eigenvalue weighted by molar-refractivity contribution is 5.76. The number of benzene rings is 2. The second-order valence-electron chi connectivity index (χ2n) is 7.69. The van der Waals surface area contributed by atoms with Gasteiger partial charge in [-0.2, -0.15) is 10.1 Å². The second-order valence-corrected chi connectivity index (χ2v) is 7.69. The van der Waals surface area contributed by atoms with Crippen LogP contribution in [0, 0.1) is 0 Å². The number of fused-ring (bicyclic) bond motifs is 1. The minimum absolute atomic E-state index is 0.126. The van der Waals surface area contributed by atoms with Crippen LogP contribution < -0.4 is 25.2 Å². The Morgan fingerprint density at radius 2 is 1.81 bits per heavy atom. The summed E-state index contributed by atoms with van der Waals surface area (Å²) in [7, 11) is 3.29. The summed E-state index contributed by atoms with van der Waals surface area (Å²) in [6, 6.07) is 15.6. The van der Waals surface area contributed by atoms with Crippen LogP contribution in [0.2, 0.25) is 0 Å². The topological polar surface area (TPSA) is 97.3 Å². The third-order valence-electron chi connectivity index (χ3n) is 5.67. The first-order chi connectivity index (χ1) is 15.6. The van der Waals surface area contributed by atoms with Gasteiger partial charge in [0.2, 0.25) is 5.95 Å². The molecule has 2 N–H and O–H groups in total. The molecule has 2 aromatic heterocycles. The SMILES string of the molecule is COc1cc(OC)cc(N2CCC(Nc3nc4c(cnn4-c4ccccc4)c(=O)[nH]3)C2)c1. The molecule has 1 fully saturated rings. The molecular weight excluding hydrogens is 408 g/mol. The van der Waals surface area contributed by atoms with E-state index in [1.54, 1.807) is 25.1 Å². The Labute approximate surface area is 184 Å². The van der Waals surface area contributed by atoms with Crippen molar-refractivity contribution in [2.45, 2.75) is 12.5 Å². The molecule has 2 aromatic carbocycles. The van der Waals surface area contributed by atoms with Crippen LogP contribution in [0.4, 0.5) is 11.6 Å². The number of aromatic amines is 1. The molecule has 9 nitrogen and oxygen atoms in total. The molecule has 32 heavy (non-hydrogen) atoms. The van der Waals surface area contributed by atoms with E-state index >= 15 is 0 Å². The average molecular weight is 432 g/mol. The van der Waals surface area contributed by atoms with Crippen molar-refractivity contribution in [2.75, 3.05) is 37.5 Å². The van der Waals surface area contributed by atoms with Gasteiger partial charge in [0.05, 0.1) is 26.1 Å². The Balaban J connectivity index is 1.38. The van der Waals surface area contributed by atoms with Crippen molar-refractivity contribution >= 4 is 22.7 Å². The van der Waals surface area contributed by atoms with E-state index in [1.807, 2.05) is 48.5 Å². The first-order valence-corrected chi connectivity index (χ1v) is 10.4. The van der Waals surface area contributed by atoms with Crippen molar-refractivity contribution < 1.29 is 9.47 Å². The third kappa shape index (κ3) is 3.73. The summed E-state index contributed by atoms with van der Waals surface area (Å²) in [4.78, 5) is 22.4. The van der Waals surface area contributed by atoms with Crippen LogP contribution >= 0.6 is 0 Å².